The molecule has 2 aromatic carbocycles. The van der Waals surface area contributed by atoms with Crippen molar-refractivity contribution in [3.63, 3.8) is 0 Å². The minimum Gasteiger partial charge on any atom is -0.480 e. The van der Waals surface area contributed by atoms with Crippen molar-refractivity contribution in [3.8, 4) is 11.4 Å². The molecule has 7 heteroatoms. The third-order valence-electron chi connectivity index (χ3n) is 4.58. The van der Waals surface area contributed by atoms with Gasteiger partial charge in [0.15, 0.2) is 0 Å². The number of carboxylic acids is 1. The van der Waals surface area contributed by atoms with E-state index in [1.807, 2.05) is 54.6 Å². The van der Waals surface area contributed by atoms with Crippen LogP contribution in [0.4, 0.5) is 5.69 Å². The smallest absolute Gasteiger partial charge is 0.319 e. The SMILES string of the molecule is CC(C)(Sc1ccc(-c2ncc(C(=O)Nc3ccccc3)[nH]2)cc1)C(=O)O.CCCCC. The number of nitrogens with one attached hydrogen (secondary N) is 2. The molecule has 3 aromatic rings. The van der Waals surface area contributed by atoms with Crippen molar-refractivity contribution in [1.29, 1.82) is 0 Å². The Labute approximate surface area is 193 Å². The number of aromatic nitrogens is 2. The zero-order valence-electron chi connectivity index (χ0n) is 19.0. The summed E-state index contributed by atoms with van der Waals surface area (Å²) < 4.78 is -0.908. The summed E-state index contributed by atoms with van der Waals surface area (Å²) in [6.45, 7) is 7.75. The van der Waals surface area contributed by atoms with Crippen molar-refractivity contribution in [2.24, 2.45) is 0 Å². The zero-order valence-corrected chi connectivity index (χ0v) is 19.8. The molecule has 0 bridgehead atoms. The molecule has 0 aliphatic rings. The molecule has 0 aliphatic heterocycles. The number of carboxylic acid groups (broad SMARTS) is 1. The van der Waals surface area contributed by atoms with E-state index in [1.54, 1.807) is 13.8 Å². The maximum absolute atomic E-state index is 12.3. The molecule has 0 radical (unpaired) electrons. The van der Waals surface area contributed by atoms with Crippen molar-refractivity contribution in [1.82, 2.24) is 9.97 Å². The first-order chi connectivity index (χ1) is 15.3. The highest BCUT2D eigenvalue weighted by Crippen LogP contribution is 2.33. The molecule has 0 fully saturated rings. The predicted molar refractivity (Wildman–Crippen MR) is 131 cm³/mol. The average Bonchev–Trinajstić information content (AvgIpc) is 3.26. The molecule has 1 heterocycles. The Bertz CT molecular complexity index is 997. The van der Waals surface area contributed by atoms with Gasteiger partial charge in [-0.2, -0.15) is 0 Å². The number of anilines is 1. The number of imidazole rings is 1. The number of carbonyl (C=O) groups excluding carboxylic acids is 1. The van der Waals surface area contributed by atoms with Crippen molar-refractivity contribution in [3.05, 3.63) is 66.5 Å². The van der Waals surface area contributed by atoms with Crippen LogP contribution >= 0.6 is 11.8 Å². The summed E-state index contributed by atoms with van der Waals surface area (Å²) in [7, 11) is 0. The molecule has 1 aromatic heterocycles. The summed E-state index contributed by atoms with van der Waals surface area (Å²) in [6.07, 6.45) is 5.57. The Hall–Kier alpha value is -3.06. The Balaban J connectivity index is 0.000000654. The number of thioether (sulfide) groups is 1. The Kier molecular flexibility index (Phi) is 9.53. The van der Waals surface area contributed by atoms with E-state index < -0.39 is 10.7 Å². The Morgan fingerprint density at radius 1 is 1.03 bits per heavy atom. The molecule has 3 rings (SSSR count). The normalized spacial score (nSPS) is 10.8. The van der Waals surface area contributed by atoms with E-state index in [9.17, 15) is 14.7 Å². The summed E-state index contributed by atoms with van der Waals surface area (Å²) in [5.74, 6) is -0.561. The maximum Gasteiger partial charge on any atom is 0.319 e. The minimum atomic E-state index is -0.908. The lowest BCUT2D eigenvalue weighted by Gasteiger charge is -2.18. The molecule has 32 heavy (non-hydrogen) atoms. The largest absolute Gasteiger partial charge is 0.480 e. The van der Waals surface area contributed by atoms with E-state index in [0.29, 0.717) is 17.2 Å². The van der Waals surface area contributed by atoms with Crippen LogP contribution in [0.1, 0.15) is 57.4 Å². The minimum absolute atomic E-state index is 0.268. The highest BCUT2D eigenvalue weighted by Gasteiger charge is 2.28. The first-order valence-electron chi connectivity index (χ1n) is 10.7. The van der Waals surface area contributed by atoms with Crippen LogP contribution in [0, 0.1) is 0 Å². The zero-order chi connectivity index (χ0) is 23.6. The number of benzene rings is 2. The summed E-state index contributed by atoms with van der Waals surface area (Å²) in [6, 6.07) is 16.6. The van der Waals surface area contributed by atoms with E-state index in [4.69, 9.17) is 0 Å². The summed E-state index contributed by atoms with van der Waals surface area (Å²) >= 11 is 1.27. The number of aliphatic carboxylic acids is 1. The number of rotatable bonds is 8. The third kappa shape index (κ3) is 7.57. The van der Waals surface area contributed by atoms with Gasteiger partial charge in [-0.25, -0.2) is 4.98 Å². The van der Waals surface area contributed by atoms with Gasteiger partial charge in [0.05, 0.1) is 6.20 Å². The van der Waals surface area contributed by atoms with Gasteiger partial charge in [-0.05, 0) is 38.1 Å². The molecular formula is C25H31N3O3S. The lowest BCUT2D eigenvalue weighted by Crippen LogP contribution is -2.26. The van der Waals surface area contributed by atoms with Gasteiger partial charge in [-0.1, -0.05) is 63.4 Å². The van der Waals surface area contributed by atoms with Gasteiger partial charge >= 0.3 is 5.97 Å². The van der Waals surface area contributed by atoms with E-state index >= 15 is 0 Å². The molecule has 3 N–H and O–H groups in total. The monoisotopic (exact) mass is 453 g/mol. The van der Waals surface area contributed by atoms with Gasteiger partial charge < -0.3 is 15.4 Å². The second-order valence-corrected chi connectivity index (χ2v) is 9.46. The van der Waals surface area contributed by atoms with Crippen molar-refractivity contribution >= 4 is 29.3 Å². The second kappa shape index (κ2) is 12.1. The molecule has 1 amide bonds. The number of carbonyl (C=O) groups is 2. The standard InChI is InChI=1S/C20H19N3O3S.C5H12/c1-20(2,19(25)26)27-15-10-8-13(9-11-15)17-21-12-16(23-17)18(24)22-14-6-4-3-5-7-14;1-3-5-4-2/h3-12H,1-2H3,(H,21,23)(H,22,24)(H,25,26);3-5H2,1-2H3. The Morgan fingerprint density at radius 2 is 1.66 bits per heavy atom. The second-order valence-electron chi connectivity index (χ2n) is 7.76. The topological polar surface area (TPSA) is 95.1 Å². The molecule has 6 nitrogen and oxygen atoms in total. The van der Waals surface area contributed by atoms with Crippen LogP contribution in [-0.2, 0) is 4.79 Å². The van der Waals surface area contributed by atoms with Gasteiger partial charge in [0.2, 0.25) is 0 Å². The first-order valence-corrected chi connectivity index (χ1v) is 11.5. The lowest BCUT2D eigenvalue weighted by molar-refractivity contribution is -0.138. The number of hydrogen-bond acceptors (Lipinski definition) is 4. The number of para-hydroxylation sites is 1. The number of H-pyrrole nitrogens is 1. The van der Waals surface area contributed by atoms with Gasteiger partial charge in [-0.3, -0.25) is 9.59 Å². The molecule has 0 spiro atoms. The molecule has 0 unspecified atom stereocenters. The van der Waals surface area contributed by atoms with Crippen molar-refractivity contribution in [2.45, 2.75) is 56.6 Å². The van der Waals surface area contributed by atoms with E-state index in [0.717, 1.165) is 10.5 Å². The van der Waals surface area contributed by atoms with Crippen LogP contribution in [0.25, 0.3) is 11.4 Å². The fraction of sp³-hybridized carbons (Fsp3) is 0.320. The number of aromatic amines is 1. The first kappa shape index (κ1) is 25.2. The van der Waals surface area contributed by atoms with Gasteiger partial charge in [-0.15, -0.1) is 11.8 Å². The lowest BCUT2D eigenvalue weighted by atomic mass is 10.2. The highest BCUT2D eigenvalue weighted by molar-refractivity contribution is 8.01. The van der Waals surface area contributed by atoms with E-state index in [2.05, 4.69) is 29.1 Å². The maximum atomic E-state index is 12.3. The number of unbranched alkanes of at least 4 members (excludes halogenated alkanes) is 2. The summed E-state index contributed by atoms with van der Waals surface area (Å²) in [5.41, 5.74) is 1.88. The molecule has 0 saturated heterocycles. The number of amides is 1. The fourth-order valence-corrected chi connectivity index (χ4v) is 3.62. The molecule has 0 atom stereocenters. The number of nitrogens with zero attached hydrogens (tertiary/aromatic N) is 1. The molecular weight excluding hydrogens is 422 g/mol. The number of hydrogen-bond donors (Lipinski definition) is 3. The van der Waals surface area contributed by atoms with E-state index in [-0.39, 0.29) is 5.91 Å². The quantitative estimate of drug-likeness (QED) is 0.339. The molecule has 170 valence electrons. The van der Waals surface area contributed by atoms with Gasteiger partial charge in [0, 0.05) is 16.1 Å². The van der Waals surface area contributed by atoms with Crippen LogP contribution in [0.15, 0.2) is 65.7 Å². The van der Waals surface area contributed by atoms with Crippen molar-refractivity contribution < 1.29 is 14.7 Å². The highest BCUT2D eigenvalue weighted by atomic mass is 32.2. The summed E-state index contributed by atoms with van der Waals surface area (Å²) in [5, 5.41) is 12.0. The Morgan fingerprint density at radius 3 is 2.19 bits per heavy atom. The summed E-state index contributed by atoms with van der Waals surface area (Å²) in [4.78, 5) is 31.7. The average molecular weight is 454 g/mol. The van der Waals surface area contributed by atoms with Crippen LogP contribution in [0.5, 0.6) is 0 Å². The molecule has 0 aliphatic carbocycles. The van der Waals surface area contributed by atoms with Crippen molar-refractivity contribution in [2.75, 3.05) is 5.32 Å². The van der Waals surface area contributed by atoms with Crippen LogP contribution in [0.3, 0.4) is 0 Å². The van der Waals surface area contributed by atoms with Crippen LogP contribution in [0.2, 0.25) is 0 Å². The van der Waals surface area contributed by atoms with Gasteiger partial charge in [0.25, 0.3) is 5.91 Å². The van der Waals surface area contributed by atoms with Gasteiger partial charge in [0.1, 0.15) is 16.3 Å². The fourth-order valence-electron chi connectivity index (χ4n) is 2.68. The van der Waals surface area contributed by atoms with Crippen LogP contribution < -0.4 is 5.32 Å². The predicted octanol–water partition coefficient (Wildman–Crippen LogP) is 6.48. The molecule has 0 saturated carbocycles. The van der Waals surface area contributed by atoms with E-state index in [1.165, 1.54) is 37.2 Å². The third-order valence-corrected chi connectivity index (χ3v) is 5.77. The van der Waals surface area contributed by atoms with Crippen LogP contribution in [-0.4, -0.2) is 31.7 Å².